The molecule has 0 fully saturated rings. The Bertz CT molecular complexity index is 2040. The summed E-state index contributed by atoms with van der Waals surface area (Å²) in [6, 6.07) is 26.5. The van der Waals surface area contributed by atoms with Gasteiger partial charge in [-0.1, -0.05) is 45.9 Å². The first-order valence-corrected chi connectivity index (χ1v) is 22.4. The molecule has 12 nitrogen and oxygen atoms in total. The van der Waals surface area contributed by atoms with Crippen molar-refractivity contribution < 1.29 is 33.7 Å². The van der Waals surface area contributed by atoms with Gasteiger partial charge in [0.1, 0.15) is 17.2 Å². The normalized spacial score (nSPS) is 11.0. The van der Waals surface area contributed by atoms with E-state index in [1.165, 1.54) is 4.21 Å². The molecule has 2 heterocycles. The van der Waals surface area contributed by atoms with Crippen LogP contribution in [0, 0.1) is 0 Å². The Morgan fingerprint density at radius 1 is 0.705 bits per heavy atom. The zero-order chi connectivity index (χ0) is 45.5. The van der Waals surface area contributed by atoms with Crippen molar-refractivity contribution in [1.82, 2.24) is 15.2 Å². The average Bonchev–Trinajstić information content (AvgIpc) is 3.84. The monoisotopic (exact) mass is 877 g/mol. The van der Waals surface area contributed by atoms with Crippen LogP contribution in [0.3, 0.4) is 0 Å². The number of hydrogen-bond donors (Lipinski definition) is 5. The minimum absolute atomic E-state index is 0.109. The molecule has 0 radical (unpaired) electrons. The molecule has 0 aliphatic rings. The molecule has 2 aromatic heterocycles. The molecule has 334 valence electrons. The third kappa shape index (κ3) is 20.8. The van der Waals surface area contributed by atoms with Crippen molar-refractivity contribution in [3.63, 3.8) is 0 Å². The molecule has 14 heteroatoms. The Morgan fingerprint density at radius 3 is 1.84 bits per heavy atom. The smallest absolute Gasteiger partial charge is 0.319 e. The summed E-state index contributed by atoms with van der Waals surface area (Å²) in [5, 5.41) is 22.4. The number of fused-ring (bicyclic) bond motifs is 1. The fourth-order valence-electron chi connectivity index (χ4n) is 5.22. The lowest BCUT2D eigenvalue weighted by molar-refractivity contribution is 0.0914. The number of rotatable bonds is 14. The van der Waals surface area contributed by atoms with Crippen LogP contribution < -0.4 is 35.5 Å². The minimum atomic E-state index is -0.239. The second kappa shape index (κ2) is 27.6. The summed E-state index contributed by atoms with van der Waals surface area (Å²) < 4.78 is 19.6. The first kappa shape index (κ1) is 52.0. The lowest BCUT2D eigenvalue weighted by Crippen LogP contribution is -2.24. The van der Waals surface area contributed by atoms with Gasteiger partial charge in [0.25, 0.3) is 0 Å². The number of amides is 4. The molecule has 0 unspecified atom stereocenters. The van der Waals surface area contributed by atoms with Gasteiger partial charge in [0, 0.05) is 49.1 Å². The third-order valence-electron chi connectivity index (χ3n) is 7.93. The average molecular weight is 878 g/mol. The van der Waals surface area contributed by atoms with Gasteiger partial charge in [0.05, 0.1) is 39.1 Å². The van der Waals surface area contributed by atoms with E-state index in [9.17, 15) is 19.5 Å². The molecule has 0 saturated heterocycles. The van der Waals surface area contributed by atoms with Crippen LogP contribution in [0.1, 0.15) is 92.4 Å². The molecule has 3 aromatic carbocycles. The highest BCUT2D eigenvalue weighted by molar-refractivity contribution is 8.01. The fourth-order valence-corrected chi connectivity index (χ4v) is 7.50. The Hall–Kier alpha value is -5.18. The van der Waals surface area contributed by atoms with Crippen molar-refractivity contribution in [3.8, 4) is 17.2 Å². The number of thioether (sulfide) groups is 1. The van der Waals surface area contributed by atoms with E-state index < -0.39 is 0 Å². The molecular formula is C47H67N5O7S2. The SMILES string of the molecule is CCC(=O)n1ccc2cc(OC(C)C)ccc21.CC[C@@H](O)Cc1ccc(OC(C)C)cc1.CNC(=O)Nc1ccc(SC(C)C)s1.CNC(=O)Nc1cccc(OC(C)C)c1. The van der Waals surface area contributed by atoms with Gasteiger partial charge < -0.3 is 35.3 Å². The largest absolute Gasteiger partial charge is 0.491 e. The number of aromatic nitrogens is 1. The topological polar surface area (TPSA) is 152 Å². The minimum Gasteiger partial charge on any atom is -0.491 e. The molecule has 1 atom stereocenters. The maximum Gasteiger partial charge on any atom is 0.319 e. The molecule has 0 saturated carbocycles. The van der Waals surface area contributed by atoms with Gasteiger partial charge in [-0.3, -0.25) is 14.7 Å². The number of anilines is 2. The van der Waals surface area contributed by atoms with Gasteiger partial charge in [0.15, 0.2) is 0 Å². The van der Waals surface area contributed by atoms with Crippen molar-refractivity contribution in [3.05, 3.63) is 96.7 Å². The molecule has 0 spiro atoms. The molecule has 61 heavy (non-hydrogen) atoms. The van der Waals surface area contributed by atoms with Crippen LogP contribution in [0.2, 0.25) is 0 Å². The first-order valence-electron chi connectivity index (χ1n) is 20.7. The molecule has 5 aromatic rings. The second-order valence-corrected chi connectivity index (χ2v) is 17.7. The number of aliphatic hydroxyl groups excluding tert-OH is 1. The summed E-state index contributed by atoms with van der Waals surface area (Å²) in [5.41, 5.74) is 2.81. The van der Waals surface area contributed by atoms with E-state index in [4.69, 9.17) is 14.2 Å². The van der Waals surface area contributed by atoms with Crippen LogP contribution in [0.15, 0.2) is 95.3 Å². The maximum absolute atomic E-state index is 11.7. The van der Waals surface area contributed by atoms with Crippen molar-refractivity contribution >= 4 is 62.7 Å². The number of ether oxygens (including phenoxy) is 3. The summed E-state index contributed by atoms with van der Waals surface area (Å²) in [7, 11) is 3.18. The van der Waals surface area contributed by atoms with Gasteiger partial charge in [-0.15, -0.1) is 23.1 Å². The van der Waals surface area contributed by atoms with Crippen LogP contribution in [-0.4, -0.2) is 71.4 Å². The van der Waals surface area contributed by atoms with Crippen LogP contribution in [0.25, 0.3) is 10.9 Å². The number of nitrogens with zero attached hydrogens (tertiary/aromatic N) is 1. The predicted octanol–water partition coefficient (Wildman–Crippen LogP) is 11.5. The predicted molar refractivity (Wildman–Crippen MR) is 255 cm³/mol. The Kier molecular flexibility index (Phi) is 23.5. The summed E-state index contributed by atoms with van der Waals surface area (Å²) >= 11 is 3.40. The zero-order valence-electron chi connectivity index (χ0n) is 37.8. The van der Waals surface area contributed by atoms with Crippen molar-refractivity contribution in [1.29, 1.82) is 0 Å². The van der Waals surface area contributed by atoms with Gasteiger partial charge >= 0.3 is 12.1 Å². The maximum atomic E-state index is 11.7. The van der Waals surface area contributed by atoms with Gasteiger partial charge in [0.2, 0.25) is 5.91 Å². The standard InChI is InChI=1S/C14H17NO2.C13H20O2.C11H16N2O2.C9H14N2OS2/c1-4-14(16)15-8-7-11-9-12(17-10(2)3)5-6-13(11)15;1-4-12(14)9-11-5-7-13(8-6-11)15-10(2)3;1-8(2)15-10-6-4-5-9(7-10)13-11(14)12-3;1-6(2)13-8-5-4-7(14-8)11-9(12)10-3/h5-10H,4H2,1-3H3;5-8,10,12,14H,4,9H2,1-3H3;4-8H,1-3H3,(H2,12,13,14);4-6H,1-3H3,(H2,10,11,12)/t;12-;;/m.1../s1. The summed E-state index contributed by atoms with van der Waals surface area (Å²) in [4.78, 5) is 33.7. The van der Waals surface area contributed by atoms with Crippen molar-refractivity contribution in [2.75, 3.05) is 24.7 Å². The van der Waals surface area contributed by atoms with Gasteiger partial charge in [-0.05, 0) is 121 Å². The highest BCUT2D eigenvalue weighted by atomic mass is 32.2. The quantitative estimate of drug-likeness (QED) is 0.0692. The van der Waals surface area contributed by atoms with E-state index in [0.717, 1.165) is 51.6 Å². The third-order valence-corrected chi connectivity index (χ3v) is 10.1. The number of benzene rings is 3. The summed E-state index contributed by atoms with van der Waals surface area (Å²) in [5.74, 6) is 2.59. The number of carbonyl (C=O) groups excluding carboxylic acids is 3. The van der Waals surface area contributed by atoms with E-state index in [1.54, 1.807) is 47.8 Å². The van der Waals surface area contributed by atoms with Crippen LogP contribution in [-0.2, 0) is 6.42 Å². The number of thiophene rings is 1. The molecule has 4 amide bonds. The Balaban J connectivity index is 0.000000281. The Labute approximate surface area is 371 Å². The molecule has 0 aliphatic carbocycles. The molecule has 5 N–H and O–H groups in total. The van der Waals surface area contributed by atoms with E-state index in [0.29, 0.717) is 17.4 Å². The van der Waals surface area contributed by atoms with Crippen LogP contribution in [0.4, 0.5) is 20.3 Å². The summed E-state index contributed by atoms with van der Waals surface area (Å²) in [6.45, 7) is 20.1. The second-order valence-electron chi connectivity index (χ2n) is 14.8. The highest BCUT2D eigenvalue weighted by Crippen LogP contribution is 2.33. The van der Waals surface area contributed by atoms with Crippen molar-refractivity contribution in [2.24, 2.45) is 0 Å². The molecule has 0 aliphatic heterocycles. The number of nitrogens with one attached hydrogen (secondary N) is 4. The van der Waals surface area contributed by atoms with Gasteiger partial charge in [-0.25, -0.2) is 9.59 Å². The number of urea groups is 2. The lowest BCUT2D eigenvalue weighted by atomic mass is 10.1. The molecular weight excluding hydrogens is 811 g/mol. The lowest BCUT2D eigenvalue weighted by Gasteiger charge is -2.11. The van der Waals surface area contributed by atoms with E-state index in [2.05, 4.69) is 35.1 Å². The Morgan fingerprint density at radius 2 is 1.28 bits per heavy atom. The fraction of sp³-hybridized carbons (Fsp3) is 0.426. The summed E-state index contributed by atoms with van der Waals surface area (Å²) in [6.07, 6.45) is 4.10. The molecule has 0 bridgehead atoms. The van der Waals surface area contributed by atoms with E-state index >= 15 is 0 Å². The first-order chi connectivity index (χ1) is 29.0. The zero-order valence-corrected chi connectivity index (χ0v) is 39.5. The van der Waals surface area contributed by atoms with E-state index in [1.807, 2.05) is 140 Å². The van der Waals surface area contributed by atoms with Gasteiger partial charge in [-0.2, -0.15) is 0 Å². The van der Waals surface area contributed by atoms with Crippen LogP contribution >= 0.6 is 23.1 Å². The van der Waals surface area contributed by atoms with E-state index in [-0.39, 0.29) is 42.4 Å². The number of hydrogen-bond acceptors (Lipinski definition) is 9. The van der Waals surface area contributed by atoms with Crippen LogP contribution in [0.5, 0.6) is 17.2 Å². The molecule has 5 rings (SSSR count). The highest BCUT2D eigenvalue weighted by Gasteiger charge is 2.09. The number of aliphatic hydroxyl groups is 1. The van der Waals surface area contributed by atoms with Crippen molar-refractivity contribution in [2.45, 2.75) is 122 Å². The number of carbonyl (C=O) groups is 3.